The smallest absolute Gasteiger partial charge is 0.263 e. The van der Waals surface area contributed by atoms with Crippen LogP contribution in [0.5, 0.6) is 5.75 Å². The summed E-state index contributed by atoms with van der Waals surface area (Å²) in [7, 11) is 0. The van der Waals surface area contributed by atoms with Gasteiger partial charge in [-0.1, -0.05) is 12.1 Å². The number of aryl methyl sites for hydroxylation is 1. The van der Waals surface area contributed by atoms with Crippen LogP contribution >= 0.6 is 0 Å². The van der Waals surface area contributed by atoms with Gasteiger partial charge in [0.2, 0.25) is 0 Å². The molecule has 1 aliphatic heterocycles. The Kier molecular flexibility index (Phi) is 5.62. The second-order valence-electron chi connectivity index (χ2n) is 5.82. The number of carbonyl (C=O) groups excluding carboxylic acids is 1. The average molecular weight is 291 g/mol. The number of hydrogen-bond donors (Lipinski definition) is 1. The molecular formula is C17H25NO3. The van der Waals surface area contributed by atoms with E-state index in [0.717, 1.165) is 44.5 Å². The highest BCUT2D eigenvalue weighted by Gasteiger charge is 2.24. The predicted octanol–water partition coefficient (Wildman–Crippen LogP) is 2.39. The Morgan fingerprint density at radius 1 is 1.24 bits per heavy atom. The SMILES string of the molecule is CC(O)CCc1ccc(OC(C)C(=O)N2CCCC2)cc1. The average Bonchev–Trinajstić information content (AvgIpc) is 2.99. The number of aliphatic hydroxyl groups excluding tert-OH is 1. The van der Waals surface area contributed by atoms with Gasteiger partial charge in [0.25, 0.3) is 5.91 Å². The fourth-order valence-electron chi connectivity index (χ4n) is 2.56. The monoisotopic (exact) mass is 291 g/mol. The van der Waals surface area contributed by atoms with Gasteiger partial charge in [0, 0.05) is 13.1 Å². The Hall–Kier alpha value is -1.55. The highest BCUT2D eigenvalue weighted by molar-refractivity contribution is 5.81. The first-order valence-corrected chi connectivity index (χ1v) is 7.78. The summed E-state index contributed by atoms with van der Waals surface area (Å²) in [6.07, 6.45) is 3.07. The number of ether oxygens (including phenoxy) is 1. The van der Waals surface area contributed by atoms with Gasteiger partial charge in [-0.15, -0.1) is 0 Å². The van der Waals surface area contributed by atoms with Gasteiger partial charge in [0.1, 0.15) is 5.75 Å². The zero-order valence-corrected chi connectivity index (χ0v) is 12.9. The van der Waals surface area contributed by atoms with Gasteiger partial charge in [-0.05, 0) is 57.2 Å². The van der Waals surface area contributed by atoms with E-state index in [1.54, 1.807) is 6.92 Å². The lowest BCUT2D eigenvalue weighted by atomic mass is 10.1. The first kappa shape index (κ1) is 15.8. The molecule has 1 amide bonds. The van der Waals surface area contributed by atoms with E-state index in [1.807, 2.05) is 36.1 Å². The van der Waals surface area contributed by atoms with E-state index < -0.39 is 6.10 Å². The largest absolute Gasteiger partial charge is 0.481 e. The van der Waals surface area contributed by atoms with Crippen molar-refractivity contribution in [3.8, 4) is 5.75 Å². The first-order valence-electron chi connectivity index (χ1n) is 7.78. The summed E-state index contributed by atoms with van der Waals surface area (Å²) in [4.78, 5) is 14.0. The Balaban J connectivity index is 1.85. The quantitative estimate of drug-likeness (QED) is 0.875. The van der Waals surface area contributed by atoms with Crippen LogP contribution in [0.25, 0.3) is 0 Å². The van der Waals surface area contributed by atoms with E-state index in [9.17, 15) is 9.90 Å². The summed E-state index contributed by atoms with van der Waals surface area (Å²) in [6.45, 7) is 5.31. The molecule has 0 aromatic heterocycles. The molecule has 1 fully saturated rings. The highest BCUT2D eigenvalue weighted by atomic mass is 16.5. The summed E-state index contributed by atoms with van der Waals surface area (Å²) in [6, 6.07) is 7.77. The minimum Gasteiger partial charge on any atom is -0.481 e. The zero-order valence-electron chi connectivity index (χ0n) is 12.9. The van der Waals surface area contributed by atoms with Gasteiger partial charge in [-0.25, -0.2) is 0 Å². The summed E-state index contributed by atoms with van der Waals surface area (Å²) in [5.41, 5.74) is 1.17. The van der Waals surface area contributed by atoms with Crippen molar-refractivity contribution < 1.29 is 14.6 Å². The third-order valence-corrected chi connectivity index (χ3v) is 3.85. The molecule has 1 heterocycles. The summed E-state index contributed by atoms with van der Waals surface area (Å²) in [5.74, 6) is 0.793. The predicted molar refractivity (Wildman–Crippen MR) is 82.3 cm³/mol. The van der Waals surface area contributed by atoms with E-state index in [2.05, 4.69) is 0 Å². The van der Waals surface area contributed by atoms with Gasteiger partial charge in [0.15, 0.2) is 6.10 Å². The molecule has 0 bridgehead atoms. The molecule has 1 aromatic carbocycles. The Bertz CT molecular complexity index is 450. The summed E-state index contributed by atoms with van der Waals surface area (Å²) < 4.78 is 5.73. The fraction of sp³-hybridized carbons (Fsp3) is 0.588. The minimum absolute atomic E-state index is 0.0747. The first-order chi connectivity index (χ1) is 10.1. The van der Waals surface area contributed by atoms with Crippen molar-refractivity contribution in [2.24, 2.45) is 0 Å². The van der Waals surface area contributed by atoms with E-state index >= 15 is 0 Å². The Morgan fingerprint density at radius 2 is 1.86 bits per heavy atom. The van der Waals surface area contributed by atoms with Crippen LogP contribution in [0.4, 0.5) is 0 Å². The molecule has 1 saturated heterocycles. The van der Waals surface area contributed by atoms with Crippen LogP contribution < -0.4 is 4.74 Å². The van der Waals surface area contributed by atoms with Crippen LogP contribution in [-0.4, -0.2) is 41.2 Å². The van der Waals surface area contributed by atoms with Crippen molar-refractivity contribution in [2.75, 3.05) is 13.1 Å². The van der Waals surface area contributed by atoms with Crippen molar-refractivity contribution in [3.63, 3.8) is 0 Å². The van der Waals surface area contributed by atoms with Crippen molar-refractivity contribution in [1.29, 1.82) is 0 Å². The van der Waals surface area contributed by atoms with Crippen molar-refractivity contribution >= 4 is 5.91 Å². The maximum atomic E-state index is 12.2. The molecule has 0 aliphatic carbocycles. The second-order valence-corrected chi connectivity index (χ2v) is 5.82. The van der Waals surface area contributed by atoms with E-state index in [4.69, 9.17) is 4.74 Å². The number of hydrogen-bond acceptors (Lipinski definition) is 3. The normalized spacial score (nSPS) is 17.6. The van der Waals surface area contributed by atoms with E-state index in [-0.39, 0.29) is 12.0 Å². The molecular weight excluding hydrogens is 266 g/mol. The van der Waals surface area contributed by atoms with Gasteiger partial charge in [0.05, 0.1) is 6.10 Å². The lowest BCUT2D eigenvalue weighted by molar-refractivity contribution is -0.136. The van der Waals surface area contributed by atoms with Crippen LogP contribution in [-0.2, 0) is 11.2 Å². The minimum atomic E-state index is -0.439. The molecule has 2 atom stereocenters. The van der Waals surface area contributed by atoms with E-state index in [0.29, 0.717) is 0 Å². The summed E-state index contributed by atoms with van der Waals surface area (Å²) in [5, 5.41) is 9.29. The highest BCUT2D eigenvalue weighted by Crippen LogP contribution is 2.17. The molecule has 116 valence electrons. The number of carbonyl (C=O) groups is 1. The number of amides is 1. The molecule has 4 nitrogen and oxygen atoms in total. The second kappa shape index (κ2) is 7.46. The molecule has 1 aliphatic rings. The standard InChI is InChI=1S/C17H25NO3/c1-13(19)5-6-15-7-9-16(10-8-15)21-14(2)17(20)18-11-3-4-12-18/h7-10,13-14,19H,3-6,11-12H2,1-2H3. The zero-order chi connectivity index (χ0) is 15.2. The van der Waals surface area contributed by atoms with Gasteiger partial charge < -0.3 is 14.7 Å². The molecule has 2 unspecified atom stereocenters. The van der Waals surface area contributed by atoms with E-state index in [1.165, 1.54) is 5.56 Å². The molecule has 0 saturated carbocycles. The molecule has 2 rings (SSSR count). The number of rotatable bonds is 6. The number of nitrogens with zero attached hydrogens (tertiary/aromatic N) is 1. The molecule has 0 radical (unpaired) electrons. The fourth-order valence-corrected chi connectivity index (χ4v) is 2.56. The van der Waals surface area contributed by atoms with Crippen LogP contribution in [0, 0.1) is 0 Å². The lowest BCUT2D eigenvalue weighted by Gasteiger charge is -2.21. The van der Waals surface area contributed by atoms with Gasteiger partial charge in [-0.3, -0.25) is 4.79 Å². The molecule has 1 N–H and O–H groups in total. The third kappa shape index (κ3) is 4.74. The lowest BCUT2D eigenvalue weighted by Crippen LogP contribution is -2.38. The van der Waals surface area contributed by atoms with Gasteiger partial charge >= 0.3 is 0 Å². The van der Waals surface area contributed by atoms with Crippen molar-refractivity contribution in [1.82, 2.24) is 4.90 Å². The molecule has 21 heavy (non-hydrogen) atoms. The van der Waals surface area contributed by atoms with Gasteiger partial charge in [-0.2, -0.15) is 0 Å². The molecule has 1 aromatic rings. The Labute approximate surface area is 126 Å². The number of aliphatic hydroxyl groups is 1. The van der Waals surface area contributed by atoms with Crippen LogP contribution in [0.3, 0.4) is 0 Å². The summed E-state index contributed by atoms with van der Waals surface area (Å²) >= 11 is 0. The number of likely N-dealkylation sites (tertiary alicyclic amines) is 1. The van der Waals surface area contributed by atoms with Crippen molar-refractivity contribution in [3.05, 3.63) is 29.8 Å². The van der Waals surface area contributed by atoms with Crippen LogP contribution in [0.2, 0.25) is 0 Å². The molecule has 0 spiro atoms. The third-order valence-electron chi connectivity index (χ3n) is 3.85. The Morgan fingerprint density at radius 3 is 2.43 bits per heavy atom. The van der Waals surface area contributed by atoms with Crippen molar-refractivity contribution in [2.45, 2.75) is 51.7 Å². The molecule has 4 heteroatoms. The topological polar surface area (TPSA) is 49.8 Å². The maximum Gasteiger partial charge on any atom is 0.263 e. The van der Waals surface area contributed by atoms with Crippen LogP contribution in [0.15, 0.2) is 24.3 Å². The van der Waals surface area contributed by atoms with Crippen LogP contribution in [0.1, 0.15) is 38.7 Å². The maximum absolute atomic E-state index is 12.2. The number of benzene rings is 1.